The highest BCUT2D eigenvalue weighted by molar-refractivity contribution is 5.68. The number of halogens is 1. The second-order valence-electron chi connectivity index (χ2n) is 16.4. The maximum absolute atomic E-state index is 14.0. The van der Waals surface area contributed by atoms with Gasteiger partial charge < -0.3 is 57.5 Å². The van der Waals surface area contributed by atoms with E-state index in [1.165, 1.54) is 17.0 Å². The van der Waals surface area contributed by atoms with Gasteiger partial charge in [-0.25, -0.2) is 14.0 Å². The molecule has 0 bridgehead atoms. The van der Waals surface area contributed by atoms with Gasteiger partial charge in [0.15, 0.2) is 0 Å². The molecular formula is C46H60FN5O15. The van der Waals surface area contributed by atoms with Gasteiger partial charge >= 0.3 is 12.2 Å². The number of anilines is 2. The molecule has 366 valence electrons. The van der Waals surface area contributed by atoms with Crippen LogP contribution in [0.3, 0.4) is 0 Å². The third-order valence-corrected chi connectivity index (χ3v) is 11.6. The van der Waals surface area contributed by atoms with Crippen LogP contribution in [0.4, 0.5) is 25.4 Å². The summed E-state index contributed by atoms with van der Waals surface area (Å²) < 4.78 is 55.5. The van der Waals surface area contributed by atoms with Gasteiger partial charge in [0, 0.05) is 38.9 Å². The Hall–Kier alpha value is -6.35. The lowest BCUT2D eigenvalue weighted by molar-refractivity contribution is -0.757. The topological polar surface area (TPSA) is 213 Å². The number of fused-ring (bicyclic) bond motifs is 1. The lowest BCUT2D eigenvalue weighted by Crippen LogP contribution is -2.55. The highest BCUT2D eigenvalue weighted by Gasteiger charge is 2.43. The number of hydrogen-bond acceptors (Lipinski definition) is 17. The van der Waals surface area contributed by atoms with Crippen LogP contribution >= 0.6 is 0 Å². The Balaban J connectivity index is 1.19. The first-order chi connectivity index (χ1) is 32.6. The summed E-state index contributed by atoms with van der Waals surface area (Å²) in [6.07, 6.45) is 0.787. The number of amides is 1. The molecule has 67 heavy (non-hydrogen) atoms. The Labute approximate surface area is 388 Å². The summed E-state index contributed by atoms with van der Waals surface area (Å²) in [5.41, 5.74) is 3.33. The molecule has 0 radical (unpaired) electrons. The average molecular weight is 942 g/mol. The van der Waals surface area contributed by atoms with Crippen LogP contribution in [0.2, 0.25) is 0 Å². The van der Waals surface area contributed by atoms with Crippen molar-refractivity contribution in [1.82, 2.24) is 4.90 Å². The van der Waals surface area contributed by atoms with Crippen LogP contribution in [0.15, 0.2) is 66.7 Å². The van der Waals surface area contributed by atoms with E-state index in [1.807, 2.05) is 48.5 Å². The first-order valence-corrected chi connectivity index (χ1v) is 22.7. The minimum Gasteiger partial charge on any atom is -0.490 e. The molecule has 2 fully saturated rings. The minimum atomic E-state index is -0.971. The van der Waals surface area contributed by atoms with Crippen molar-refractivity contribution in [2.24, 2.45) is 0 Å². The van der Waals surface area contributed by atoms with Gasteiger partial charge in [0.05, 0.1) is 76.9 Å². The molecule has 3 aliphatic rings. The van der Waals surface area contributed by atoms with Crippen molar-refractivity contribution < 1.29 is 67.0 Å². The van der Waals surface area contributed by atoms with E-state index in [2.05, 4.69) is 19.5 Å². The third-order valence-electron chi connectivity index (χ3n) is 11.6. The molecule has 20 nitrogen and oxygen atoms in total. The predicted molar refractivity (Wildman–Crippen MR) is 239 cm³/mol. The molecule has 0 aromatic heterocycles. The zero-order valence-corrected chi connectivity index (χ0v) is 37.7. The number of piperidine rings is 1. The van der Waals surface area contributed by atoms with E-state index in [4.69, 9.17) is 33.2 Å². The van der Waals surface area contributed by atoms with Crippen molar-refractivity contribution in [1.29, 1.82) is 0 Å². The van der Waals surface area contributed by atoms with Gasteiger partial charge in [0.25, 0.3) is 10.2 Å². The second-order valence-corrected chi connectivity index (χ2v) is 16.4. The maximum Gasteiger partial charge on any atom is 0.508 e. The number of methoxy groups -OCH3 is 1. The lowest BCUT2D eigenvalue weighted by atomic mass is 9.84. The van der Waals surface area contributed by atoms with Crippen LogP contribution in [0.25, 0.3) is 0 Å². The second kappa shape index (κ2) is 26.1. The van der Waals surface area contributed by atoms with Gasteiger partial charge in [-0.05, 0) is 98.5 Å². The molecule has 21 heteroatoms. The Bertz CT molecular complexity index is 2050. The molecule has 6 rings (SSSR count). The molecular weight excluding hydrogens is 882 g/mol. The third kappa shape index (κ3) is 15.9. The largest absolute Gasteiger partial charge is 0.508 e. The molecule has 0 aliphatic carbocycles. The summed E-state index contributed by atoms with van der Waals surface area (Å²) in [7, 11) is 1.67. The normalized spacial score (nSPS) is 18.9. The van der Waals surface area contributed by atoms with Crippen LogP contribution in [-0.4, -0.2) is 132 Å². The molecule has 2 saturated heterocycles. The highest BCUT2D eigenvalue weighted by Crippen LogP contribution is 2.37. The smallest absolute Gasteiger partial charge is 0.490 e. The molecule has 3 heterocycles. The zero-order valence-electron chi connectivity index (χ0n) is 37.7. The number of nitrogens with zero attached hydrogens (tertiary/aromatic N) is 5. The number of unbranched alkanes of at least 4 members (excludes halogenated alkanes) is 4. The Morgan fingerprint density at radius 2 is 1.51 bits per heavy atom. The summed E-state index contributed by atoms with van der Waals surface area (Å²) in [6.45, 7) is 4.01. The van der Waals surface area contributed by atoms with Crippen LogP contribution in [0.5, 0.6) is 11.5 Å². The Morgan fingerprint density at radius 1 is 0.791 bits per heavy atom. The van der Waals surface area contributed by atoms with Gasteiger partial charge in [-0.1, -0.05) is 24.3 Å². The van der Waals surface area contributed by atoms with Gasteiger partial charge in [0.1, 0.15) is 36.1 Å². The molecule has 1 amide bonds. The van der Waals surface area contributed by atoms with E-state index < -0.39 is 40.5 Å². The Morgan fingerprint density at radius 3 is 2.22 bits per heavy atom. The lowest BCUT2D eigenvalue weighted by Gasteiger charge is -2.42. The fourth-order valence-electron chi connectivity index (χ4n) is 8.36. The fourth-order valence-corrected chi connectivity index (χ4v) is 8.36. The van der Waals surface area contributed by atoms with E-state index in [9.17, 15) is 34.2 Å². The van der Waals surface area contributed by atoms with Crippen molar-refractivity contribution in [3.63, 3.8) is 0 Å². The molecule has 3 aliphatic heterocycles. The number of ether oxygens (including phenoxy) is 7. The Kier molecular flexibility index (Phi) is 19.5. The quantitative estimate of drug-likeness (QED) is 0.0339. The fraction of sp³-hybridized carbons (Fsp3) is 0.565. The predicted octanol–water partition coefficient (Wildman–Crippen LogP) is 7.12. The van der Waals surface area contributed by atoms with Crippen LogP contribution in [0.1, 0.15) is 68.4 Å². The summed E-state index contributed by atoms with van der Waals surface area (Å²) in [6, 6.07) is 19.8. The number of carbonyl (C=O) groups excluding carboxylic acids is 2. The van der Waals surface area contributed by atoms with Crippen LogP contribution in [0, 0.1) is 26.0 Å². The van der Waals surface area contributed by atoms with Crippen molar-refractivity contribution in [3.8, 4) is 11.5 Å². The number of rotatable bonds is 26. The molecule has 0 saturated carbocycles. The summed E-state index contributed by atoms with van der Waals surface area (Å²) in [5.74, 6) is 0.475. The number of hydrogen-bond donors (Lipinski definition) is 0. The highest BCUT2D eigenvalue weighted by atomic mass is 19.1. The van der Waals surface area contributed by atoms with Crippen molar-refractivity contribution in [2.45, 2.75) is 82.2 Å². The number of likely N-dealkylation sites (tertiary alicyclic amines) is 1. The van der Waals surface area contributed by atoms with Gasteiger partial charge in [0.2, 0.25) is 0 Å². The van der Waals surface area contributed by atoms with Crippen LogP contribution in [-0.2, 0) is 40.0 Å². The molecule has 3 aromatic rings. The van der Waals surface area contributed by atoms with E-state index in [0.29, 0.717) is 77.1 Å². The maximum atomic E-state index is 14.0. The number of carbonyl (C=O) groups is 2. The SMILES string of the molecule is COCCCN1CCOc2ccc(COC3CN(C(=O)OCCCCCO[N+](=O)[O-])CC(OC(=O)OCCCCCO[N+](=O)[O-])C3c3ccc(OC4CCN(c5cccc(F)c5)C4)cc3)cc21. The summed E-state index contributed by atoms with van der Waals surface area (Å²) in [5, 5.41) is 19.3. The summed E-state index contributed by atoms with van der Waals surface area (Å²) in [4.78, 5) is 62.5. The minimum absolute atomic E-state index is 0.0125. The molecule has 0 spiro atoms. The van der Waals surface area contributed by atoms with Gasteiger partial charge in [-0.3, -0.25) is 0 Å². The zero-order chi connectivity index (χ0) is 47.4. The first-order valence-electron chi connectivity index (χ1n) is 22.7. The van der Waals surface area contributed by atoms with E-state index in [-0.39, 0.29) is 58.0 Å². The summed E-state index contributed by atoms with van der Waals surface area (Å²) >= 11 is 0. The van der Waals surface area contributed by atoms with Crippen molar-refractivity contribution in [3.05, 3.63) is 104 Å². The monoisotopic (exact) mass is 941 g/mol. The van der Waals surface area contributed by atoms with E-state index in [1.54, 1.807) is 13.2 Å². The standard InChI is InChI=1S/C46H60FN5O15/c1-59-22-9-19-48-21-27-60-41-17-12-34(28-40(41)48)33-63-42-31-50(45(53)61-23-4-2-6-25-64-51(55)56)32-43(67-46(54)62-24-5-3-7-26-65-52(57)58)44(42)35-13-15-38(16-14-35)66-39-18-20-49(30-39)37-11-8-10-36(47)29-37/h8,10-17,28-29,39,42-44H,2-7,9,18-27,30-33H2,1H3. The average Bonchev–Trinajstić information content (AvgIpc) is 3.79. The van der Waals surface area contributed by atoms with Crippen molar-refractivity contribution >= 4 is 23.6 Å². The number of benzene rings is 3. The molecule has 3 aromatic carbocycles. The van der Waals surface area contributed by atoms with E-state index >= 15 is 0 Å². The molecule has 4 atom stereocenters. The van der Waals surface area contributed by atoms with Crippen molar-refractivity contribution in [2.75, 3.05) is 95.8 Å². The van der Waals surface area contributed by atoms with Gasteiger partial charge in [-0.2, -0.15) is 0 Å². The molecule has 4 unspecified atom stereocenters. The van der Waals surface area contributed by atoms with Gasteiger partial charge in [-0.15, -0.1) is 20.2 Å². The van der Waals surface area contributed by atoms with Crippen LogP contribution < -0.4 is 19.3 Å². The first kappa shape index (κ1) is 50.1. The van der Waals surface area contributed by atoms with E-state index in [0.717, 1.165) is 47.6 Å². The molecule has 0 N–H and O–H groups in total.